The second-order valence-corrected chi connectivity index (χ2v) is 4.92. The van der Waals surface area contributed by atoms with Crippen LogP contribution in [0.15, 0.2) is 24.3 Å². The summed E-state index contributed by atoms with van der Waals surface area (Å²) in [6.07, 6.45) is 4.94. The van der Waals surface area contributed by atoms with Crippen molar-refractivity contribution >= 4 is 12.4 Å². The summed E-state index contributed by atoms with van der Waals surface area (Å²) >= 11 is 0. The molecule has 0 spiro atoms. The van der Waals surface area contributed by atoms with E-state index < -0.39 is 0 Å². The summed E-state index contributed by atoms with van der Waals surface area (Å²) in [7, 11) is 0. The molecule has 2 rings (SSSR count). The SMILES string of the molecule is CCCc1ccc(OCC2CCCNC2)cc1.Cl. The molecule has 1 aliphatic heterocycles. The summed E-state index contributed by atoms with van der Waals surface area (Å²) in [5.41, 5.74) is 1.40. The molecule has 1 aromatic rings. The summed E-state index contributed by atoms with van der Waals surface area (Å²) in [6.45, 7) is 5.33. The molecule has 102 valence electrons. The fraction of sp³-hybridized carbons (Fsp3) is 0.600. The van der Waals surface area contributed by atoms with Gasteiger partial charge in [-0.2, -0.15) is 0 Å². The van der Waals surface area contributed by atoms with Crippen LogP contribution in [-0.2, 0) is 6.42 Å². The molecular weight excluding hydrogens is 246 g/mol. The van der Waals surface area contributed by atoms with E-state index in [1.807, 2.05) is 0 Å². The van der Waals surface area contributed by atoms with E-state index in [1.165, 1.54) is 31.4 Å². The third-order valence-corrected chi connectivity index (χ3v) is 3.35. The van der Waals surface area contributed by atoms with Gasteiger partial charge in [0.05, 0.1) is 6.61 Å². The van der Waals surface area contributed by atoms with Crippen LogP contribution in [0.3, 0.4) is 0 Å². The molecule has 18 heavy (non-hydrogen) atoms. The Balaban J connectivity index is 0.00000162. The maximum Gasteiger partial charge on any atom is 0.119 e. The van der Waals surface area contributed by atoms with Crippen molar-refractivity contribution < 1.29 is 4.74 Å². The molecule has 1 unspecified atom stereocenters. The predicted octanol–water partition coefficient (Wildman–Crippen LogP) is 3.44. The van der Waals surface area contributed by atoms with Crippen molar-refractivity contribution in [2.75, 3.05) is 19.7 Å². The van der Waals surface area contributed by atoms with Gasteiger partial charge in [-0.05, 0) is 43.5 Å². The predicted molar refractivity (Wildman–Crippen MR) is 78.8 cm³/mol. The van der Waals surface area contributed by atoms with E-state index in [2.05, 4.69) is 36.5 Å². The second kappa shape index (κ2) is 8.39. The van der Waals surface area contributed by atoms with Gasteiger partial charge in [0.2, 0.25) is 0 Å². The van der Waals surface area contributed by atoms with Crippen molar-refractivity contribution in [3.05, 3.63) is 29.8 Å². The van der Waals surface area contributed by atoms with Crippen LogP contribution in [0.25, 0.3) is 0 Å². The van der Waals surface area contributed by atoms with E-state index in [0.717, 1.165) is 25.3 Å². The number of nitrogens with one attached hydrogen (secondary N) is 1. The van der Waals surface area contributed by atoms with Crippen LogP contribution >= 0.6 is 12.4 Å². The summed E-state index contributed by atoms with van der Waals surface area (Å²) < 4.78 is 5.84. The van der Waals surface area contributed by atoms with Crippen LogP contribution in [-0.4, -0.2) is 19.7 Å². The van der Waals surface area contributed by atoms with E-state index in [0.29, 0.717) is 5.92 Å². The fourth-order valence-corrected chi connectivity index (χ4v) is 2.32. The minimum absolute atomic E-state index is 0. The first kappa shape index (κ1) is 15.3. The zero-order valence-electron chi connectivity index (χ0n) is 11.2. The molecule has 2 nitrogen and oxygen atoms in total. The van der Waals surface area contributed by atoms with Crippen LogP contribution in [0, 0.1) is 5.92 Å². The molecule has 0 saturated carbocycles. The molecule has 1 N–H and O–H groups in total. The lowest BCUT2D eigenvalue weighted by molar-refractivity contribution is 0.218. The van der Waals surface area contributed by atoms with Gasteiger partial charge in [-0.3, -0.25) is 0 Å². The van der Waals surface area contributed by atoms with Gasteiger partial charge in [-0.25, -0.2) is 0 Å². The van der Waals surface area contributed by atoms with E-state index in [4.69, 9.17) is 4.74 Å². The summed E-state index contributed by atoms with van der Waals surface area (Å²) in [4.78, 5) is 0. The molecular formula is C15H24ClNO. The Morgan fingerprint density at radius 1 is 1.28 bits per heavy atom. The summed E-state index contributed by atoms with van der Waals surface area (Å²) in [5.74, 6) is 1.69. The molecule has 1 aliphatic rings. The molecule has 1 saturated heterocycles. The van der Waals surface area contributed by atoms with Crippen molar-refractivity contribution in [3.63, 3.8) is 0 Å². The highest BCUT2D eigenvalue weighted by atomic mass is 35.5. The zero-order valence-corrected chi connectivity index (χ0v) is 12.0. The van der Waals surface area contributed by atoms with Gasteiger partial charge in [0.1, 0.15) is 5.75 Å². The molecule has 0 aromatic heterocycles. The maximum atomic E-state index is 5.84. The quantitative estimate of drug-likeness (QED) is 0.884. The Hall–Kier alpha value is -0.730. The first-order valence-electron chi connectivity index (χ1n) is 6.81. The number of hydrogen-bond acceptors (Lipinski definition) is 2. The van der Waals surface area contributed by atoms with Crippen molar-refractivity contribution in [2.45, 2.75) is 32.6 Å². The van der Waals surface area contributed by atoms with Gasteiger partial charge in [0, 0.05) is 12.5 Å². The lowest BCUT2D eigenvalue weighted by Crippen LogP contribution is -2.33. The van der Waals surface area contributed by atoms with Crippen LogP contribution in [0.5, 0.6) is 5.75 Å². The third kappa shape index (κ3) is 4.87. The molecule has 0 aliphatic carbocycles. The number of hydrogen-bond donors (Lipinski definition) is 1. The Kier molecular flexibility index (Phi) is 7.14. The number of ether oxygens (including phenoxy) is 1. The van der Waals surface area contributed by atoms with Crippen molar-refractivity contribution in [1.29, 1.82) is 0 Å². The van der Waals surface area contributed by atoms with Gasteiger partial charge in [0.15, 0.2) is 0 Å². The fourth-order valence-electron chi connectivity index (χ4n) is 2.32. The van der Waals surface area contributed by atoms with Gasteiger partial charge in [-0.15, -0.1) is 12.4 Å². The van der Waals surface area contributed by atoms with Crippen molar-refractivity contribution in [2.24, 2.45) is 5.92 Å². The molecule has 0 radical (unpaired) electrons. The minimum atomic E-state index is 0. The summed E-state index contributed by atoms with van der Waals surface area (Å²) in [5, 5.41) is 3.42. The number of halogens is 1. The molecule has 0 amide bonds. The minimum Gasteiger partial charge on any atom is -0.493 e. The van der Waals surface area contributed by atoms with Gasteiger partial charge >= 0.3 is 0 Å². The van der Waals surface area contributed by atoms with E-state index >= 15 is 0 Å². The van der Waals surface area contributed by atoms with Crippen molar-refractivity contribution in [1.82, 2.24) is 5.32 Å². The number of benzene rings is 1. The molecule has 3 heteroatoms. The summed E-state index contributed by atoms with van der Waals surface area (Å²) in [6, 6.07) is 8.55. The molecule has 1 aromatic carbocycles. The normalized spacial score (nSPS) is 19.1. The first-order valence-corrected chi connectivity index (χ1v) is 6.81. The molecule has 1 fully saturated rings. The Labute approximate surface area is 117 Å². The number of rotatable bonds is 5. The topological polar surface area (TPSA) is 21.3 Å². The van der Waals surface area contributed by atoms with E-state index in [9.17, 15) is 0 Å². The van der Waals surface area contributed by atoms with Crippen LogP contribution < -0.4 is 10.1 Å². The second-order valence-electron chi connectivity index (χ2n) is 4.92. The Morgan fingerprint density at radius 3 is 2.67 bits per heavy atom. The third-order valence-electron chi connectivity index (χ3n) is 3.35. The largest absolute Gasteiger partial charge is 0.493 e. The smallest absolute Gasteiger partial charge is 0.119 e. The van der Waals surface area contributed by atoms with Crippen LogP contribution in [0.4, 0.5) is 0 Å². The van der Waals surface area contributed by atoms with Crippen LogP contribution in [0.1, 0.15) is 31.7 Å². The number of aryl methyl sites for hydroxylation is 1. The number of piperidine rings is 1. The van der Waals surface area contributed by atoms with E-state index in [-0.39, 0.29) is 12.4 Å². The van der Waals surface area contributed by atoms with Crippen molar-refractivity contribution in [3.8, 4) is 5.75 Å². The van der Waals surface area contributed by atoms with Gasteiger partial charge in [-0.1, -0.05) is 25.5 Å². The van der Waals surface area contributed by atoms with Gasteiger partial charge < -0.3 is 10.1 Å². The van der Waals surface area contributed by atoms with E-state index in [1.54, 1.807) is 0 Å². The highest BCUT2D eigenvalue weighted by molar-refractivity contribution is 5.85. The molecule has 0 bridgehead atoms. The average Bonchev–Trinajstić information content (AvgIpc) is 2.40. The van der Waals surface area contributed by atoms with Gasteiger partial charge in [0.25, 0.3) is 0 Å². The Morgan fingerprint density at radius 2 is 2.06 bits per heavy atom. The maximum absolute atomic E-state index is 5.84. The molecule has 1 atom stereocenters. The standard InChI is InChI=1S/C15H23NO.ClH/c1-2-4-13-6-8-15(9-7-13)17-12-14-5-3-10-16-11-14;/h6-9,14,16H,2-5,10-12H2,1H3;1H. The molecule has 1 heterocycles. The van der Waals surface area contributed by atoms with Crippen LogP contribution in [0.2, 0.25) is 0 Å². The first-order chi connectivity index (χ1) is 8.38. The lowest BCUT2D eigenvalue weighted by atomic mass is 10.0. The Bertz CT molecular complexity index is 320. The monoisotopic (exact) mass is 269 g/mol. The zero-order chi connectivity index (χ0) is 11.9. The highest BCUT2D eigenvalue weighted by Crippen LogP contribution is 2.16. The average molecular weight is 270 g/mol. The lowest BCUT2D eigenvalue weighted by Gasteiger charge is -2.22. The highest BCUT2D eigenvalue weighted by Gasteiger charge is 2.13.